The number of furan rings is 1. The highest BCUT2D eigenvalue weighted by molar-refractivity contribution is 6.17. The van der Waals surface area contributed by atoms with E-state index in [1.54, 1.807) is 23.1 Å². The molecule has 0 atom stereocenters. The first-order valence-corrected chi connectivity index (χ1v) is 9.70. The Morgan fingerprint density at radius 1 is 1.22 bits per heavy atom. The molecule has 27 heavy (non-hydrogen) atoms. The number of halogens is 1. The summed E-state index contributed by atoms with van der Waals surface area (Å²) in [5, 5.41) is 0.754. The Morgan fingerprint density at radius 2 is 1.93 bits per heavy atom. The number of likely N-dealkylation sites (N-methyl/N-ethyl adjacent to an activating group) is 1. The molecule has 6 heteroatoms. The number of benzene rings is 1. The molecule has 146 valence electrons. The summed E-state index contributed by atoms with van der Waals surface area (Å²) in [4.78, 5) is 26.0. The largest absolute Gasteiger partial charge is 0.490 e. The second-order valence-electron chi connectivity index (χ2n) is 6.25. The molecule has 2 aromatic rings. The van der Waals surface area contributed by atoms with Gasteiger partial charge in [0, 0.05) is 37.4 Å². The van der Waals surface area contributed by atoms with Crippen LogP contribution in [-0.4, -0.2) is 42.2 Å². The highest BCUT2D eigenvalue weighted by Gasteiger charge is 2.17. The van der Waals surface area contributed by atoms with Gasteiger partial charge in [-0.15, -0.1) is 11.6 Å². The van der Waals surface area contributed by atoms with Crippen LogP contribution in [0.5, 0.6) is 5.75 Å². The summed E-state index contributed by atoms with van der Waals surface area (Å²) in [6, 6.07) is 5.40. The van der Waals surface area contributed by atoms with Gasteiger partial charge in [0.15, 0.2) is 22.9 Å². The fourth-order valence-corrected chi connectivity index (χ4v) is 2.96. The lowest BCUT2D eigenvalue weighted by molar-refractivity contribution is -0.125. The minimum absolute atomic E-state index is 0.0385. The zero-order chi connectivity index (χ0) is 20.0. The molecule has 2 rings (SSSR count). The molecule has 0 bridgehead atoms. The maximum atomic E-state index is 12.4. The van der Waals surface area contributed by atoms with Crippen LogP contribution in [0, 0.1) is 0 Å². The normalized spacial score (nSPS) is 11.7. The van der Waals surface area contributed by atoms with Crippen molar-refractivity contribution in [2.45, 2.75) is 34.1 Å². The van der Waals surface area contributed by atoms with E-state index in [-0.39, 0.29) is 17.5 Å². The summed E-state index contributed by atoms with van der Waals surface area (Å²) in [5.74, 6) is 1.14. The highest BCUT2D eigenvalue weighted by atomic mass is 35.5. The van der Waals surface area contributed by atoms with Crippen LogP contribution in [0.1, 0.15) is 50.2 Å². The highest BCUT2D eigenvalue weighted by Crippen LogP contribution is 2.35. The third-order valence-electron chi connectivity index (χ3n) is 4.37. The minimum atomic E-state index is -0.162. The topological polar surface area (TPSA) is 59.8 Å². The lowest BCUT2D eigenvalue weighted by atomic mass is 10.0. The molecule has 0 aliphatic rings. The molecule has 0 saturated carbocycles. The molecule has 0 aliphatic carbocycles. The number of Topliss-reactive ketones (excluding diaryl/α,β-unsaturated/α-hetero) is 1. The van der Waals surface area contributed by atoms with Gasteiger partial charge >= 0.3 is 0 Å². The average molecular weight is 392 g/mol. The number of ether oxygens (including phenoxy) is 1. The molecule has 0 saturated heterocycles. The molecular formula is C21H26ClNO4. The molecule has 5 nitrogen and oxygen atoms in total. The van der Waals surface area contributed by atoms with E-state index in [0.717, 1.165) is 16.5 Å². The van der Waals surface area contributed by atoms with Gasteiger partial charge in [-0.05, 0) is 50.5 Å². The van der Waals surface area contributed by atoms with Crippen molar-refractivity contribution in [1.82, 2.24) is 4.90 Å². The Labute approximate surface area is 164 Å². The van der Waals surface area contributed by atoms with Crippen LogP contribution in [0.4, 0.5) is 0 Å². The number of alkyl halides is 1. The summed E-state index contributed by atoms with van der Waals surface area (Å²) in [7, 11) is 0. The molecule has 0 radical (unpaired) electrons. The fourth-order valence-electron chi connectivity index (χ4n) is 2.86. The zero-order valence-electron chi connectivity index (χ0n) is 16.3. The van der Waals surface area contributed by atoms with Gasteiger partial charge in [0.1, 0.15) is 0 Å². The lowest BCUT2D eigenvalue weighted by Crippen LogP contribution is -2.28. The molecular weight excluding hydrogens is 366 g/mol. The van der Waals surface area contributed by atoms with Gasteiger partial charge in [-0.25, -0.2) is 0 Å². The fraction of sp³-hybridized carbons (Fsp3) is 0.429. The van der Waals surface area contributed by atoms with E-state index in [2.05, 4.69) is 0 Å². The Balaban J connectivity index is 2.49. The van der Waals surface area contributed by atoms with E-state index in [9.17, 15) is 9.59 Å². The van der Waals surface area contributed by atoms with Gasteiger partial charge < -0.3 is 14.1 Å². The SMILES string of the molecule is CCN(CC)C(=O)/C=C(\C)c1ccc(OCCCCl)c2oc(C(C)=O)cc12. The van der Waals surface area contributed by atoms with Crippen molar-refractivity contribution in [3.63, 3.8) is 0 Å². The molecule has 0 N–H and O–H groups in total. The van der Waals surface area contributed by atoms with E-state index < -0.39 is 0 Å². The smallest absolute Gasteiger partial charge is 0.246 e. The summed E-state index contributed by atoms with van der Waals surface area (Å²) < 4.78 is 11.5. The van der Waals surface area contributed by atoms with Crippen LogP contribution in [-0.2, 0) is 4.79 Å². The van der Waals surface area contributed by atoms with E-state index in [1.807, 2.05) is 26.8 Å². The third-order valence-corrected chi connectivity index (χ3v) is 4.64. The van der Waals surface area contributed by atoms with Crippen molar-refractivity contribution in [2.24, 2.45) is 0 Å². The van der Waals surface area contributed by atoms with Gasteiger partial charge in [0.2, 0.25) is 5.91 Å². The monoisotopic (exact) mass is 391 g/mol. The van der Waals surface area contributed by atoms with Gasteiger partial charge in [-0.3, -0.25) is 9.59 Å². The van der Waals surface area contributed by atoms with Crippen molar-refractivity contribution < 1.29 is 18.7 Å². The number of nitrogens with zero attached hydrogens (tertiary/aromatic N) is 1. The van der Waals surface area contributed by atoms with E-state index >= 15 is 0 Å². The van der Waals surface area contributed by atoms with Crippen LogP contribution in [0.25, 0.3) is 16.5 Å². The van der Waals surface area contributed by atoms with E-state index in [0.29, 0.717) is 43.3 Å². The molecule has 0 spiro atoms. The molecule has 1 aromatic carbocycles. The molecule has 0 fully saturated rings. The van der Waals surface area contributed by atoms with Gasteiger partial charge in [0.25, 0.3) is 0 Å². The van der Waals surface area contributed by atoms with Crippen LogP contribution in [0.2, 0.25) is 0 Å². The summed E-state index contributed by atoms with van der Waals surface area (Å²) in [6.07, 6.45) is 2.33. The summed E-state index contributed by atoms with van der Waals surface area (Å²) in [6.45, 7) is 9.01. The quantitative estimate of drug-likeness (QED) is 0.263. The Morgan fingerprint density at radius 3 is 2.52 bits per heavy atom. The van der Waals surface area contributed by atoms with Crippen molar-refractivity contribution in [3.8, 4) is 5.75 Å². The predicted octanol–water partition coefficient (Wildman–Crippen LogP) is 4.91. The zero-order valence-corrected chi connectivity index (χ0v) is 17.1. The molecule has 1 aromatic heterocycles. The second kappa shape index (κ2) is 9.60. The number of amides is 1. The summed E-state index contributed by atoms with van der Waals surface area (Å²) >= 11 is 5.70. The Hall–Kier alpha value is -2.27. The molecule has 0 aliphatic heterocycles. The number of carbonyl (C=O) groups is 2. The van der Waals surface area contributed by atoms with Crippen molar-refractivity contribution in [1.29, 1.82) is 0 Å². The molecule has 1 heterocycles. The number of carbonyl (C=O) groups excluding carboxylic acids is 2. The standard InChI is InChI=1S/C21H26ClNO4/c1-5-23(6-2)20(25)12-14(3)16-8-9-18(26-11-7-10-22)21-17(16)13-19(27-21)15(4)24/h8-9,12-13H,5-7,10-11H2,1-4H3/b14-12+. The van der Waals surface area contributed by atoms with Crippen LogP contribution in [0.15, 0.2) is 28.7 Å². The number of allylic oxidation sites excluding steroid dienone is 1. The van der Waals surface area contributed by atoms with Gasteiger partial charge in [-0.2, -0.15) is 0 Å². The maximum Gasteiger partial charge on any atom is 0.246 e. The number of ketones is 1. The lowest BCUT2D eigenvalue weighted by Gasteiger charge is -2.17. The average Bonchev–Trinajstić information content (AvgIpc) is 3.08. The van der Waals surface area contributed by atoms with Gasteiger partial charge in [0.05, 0.1) is 6.61 Å². The van der Waals surface area contributed by atoms with Crippen molar-refractivity contribution in [3.05, 3.63) is 35.6 Å². The minimum Gasteiger partial charge on any atom is -0.490 e. The first-order chi connectivity index (χ1) is 12.9. The van der Waals surface area contributed by atoms with E-state index in [1.165, 1.54) is 6.92 Å². The van der Waals surface area contributed by atoms with Gasteiger partial charge in [-0.1, -0.05) is 6.07 Å². The number of fused-ring (bicyclic) bond motifs is 1. The number of hydrogen-bond donors (Lipinski definition) is 0. The van der Waals surface area contributed by atoms with Crippen LogP contribution in [0.3, 0.4) is 0 Å². The Kier molecular flexibility index (Phi) is 7.48. The third kappa shape index (κ3) is 4.92. The second-order valence-corrected chi connectivity index (χ2v) is 6.63. The first kappa shape index (κ1) is 21.0. The van der Waals surface area contributed by atoms with Crippen molar-refractivity contribution >= 4 is 39.8 Å². The number of rotatable bonds is 9. The van der Waals surface area contributed by atoms with Crippen molar-refractivity contribution in [2.75, 3.05) is 25.6 Å². The molecule has 1 amide bonds. The summed E-state index contributed by atoms with van der Waals surface area (Å²) in [5.41, 5.74) is 2.15. The number of hydrogen-bond acceptors (Lipinski definition) is 4. The van der Waals surface area contributed by atoms with E-state index in [4.69, 9.17) is 20.8 Å². The van der Waals surface area contributed by atoms with Crippen LogP contribution >= 0.6 is 11.6 Å². The predicted molar refractivity (Wildman–Crippen MR) is 109 cm³/mol. The maximum absolute atomic E-state index is 12.4. The molecule has 0 unspecified atom stereocenters. The first-order valence-electron chi connectivity index (χ1n) is 9.16. The van der Waals surface area contributed by atoms with Crippen LogP contribution < -0.4 is 4.74 Å². The Bertz CT molecular complexity index is 849.